The molecule has 0 aliphatic carbocycles. The summed E-state index contributed by atoms with van der Waals surface area (Å²) >= 11 is 0. The fourth-order valence-electron chi connectivity index (χ4n) is 2.86. The lowest BCUT2D eigenvalue weighted by Crippen LogP contribution is -2.52. The van der Waals surface area contributed by atoms with Crippen LogP contribution in [-0.4, -0.2) is 71.7 Å². The lowest BCUT2D eigenvalue weighted by Gasteiger charge is -2.37. The third kappa shape index (κ3) is 6.03. The molecule has 25 heavy (non-hydrogen) atoms. The molecule has 0 radical (unpaired) electrons. The molecule has 7 nitrogen and oxygen atoms in total. The maximum absolute atomic E-state index is 12.4. The molecule has 0 unspecified atom stereocenters. The van der Waals surface area contributed by atoms with Gasteiger partial charge in [-0.1, -0.05) is 6.07 Å². The number of piperazine rings is 1. The number of urea groups is 1. The minimum absolute atomic E-state index is 0.154. The van der Waals surface area contributed by atoms with Crippen LogP contribution in [0, 0.1) is 0 Å². The second-order valence-electron chi connectivity index (χ2n) is 6.95. The number of carbonyl (C=O) groups is 2. The molecule has 1 aromatic carbocycles. The average Bonchev–Trinajstić information content (AvgIpc) is 2.54. The Bertz CT molecular complexity index is 605. The van der Waals surface area contributed by atoms with Gasteiger partial charge >= 0.3 is 6.03 Å². The first-order valence-electron chi connectivity index (χ1n) is 8.67. The molecule has 0 atom stereocenters. The number of aliphatic hydroxyl groups is 1. The SMILES string of the molecule is CCNC(=O)c1cccc(NC(=O)N2CCN(CC(C)(C)O)CC2)c1. The summed E-state index contributed by atoms with van der Waals surface area (Å²) in [5, 5.41) is 15.5. The number of hydrogen-bond donors (Lipinski definition) is 3. The number of rotatable bonds is 5. The topological polar surface area (TPSA) is 84.9 Å². The third-order valence-corrected chi connectivity index (χ3v) is 3.98. The van der Waals surface area contributed by atoms with Crippen molar-refractivity contribution in [2.24, 2.45) is 0 Å². The summed E-state index contributed by atoms with van der Waals surface area (Å²) in [7, 11) is 0. The highest BCUT2D eigenvalue weighted by Gasteiger charge is 2.25. The Balaban J connectivity index is 1.89. The van der Waals surface area contributed by atoms with Crippen molar-refractivity contribution in [1.82, 2.24) is 15.1 Å². The van der Waals surface area contributed by atoms with Gasteiger partial charge in [0.1, 0.15) is 0 Å². The van der Waals surface area contributed by atoms with Crippen LogP contribution in [0.1, 0.15) is 31.1 Å². The van der Waals surface area contributed by atoms with E-state index in [1.165, 1.54) is 0 Å². The van der Waals surface area contributed by atoms with Gasteiger partial charge < -0.3 is 20.6 Å². The molecule has 0 aromatic heterocycles. The zero-order valence-corrected chi connectivity index (χ0v) is 15.2. The molecule has 0 spiro atoms. The van der Waals surface area contributed by atoms with Crippen molar-refractivity contribution in [1.29, 1.82) is 0 Å². The smallest absolute Gasteiger partial charge is 0.321 e. The van der Waals surface area contributed by atoms with Crippen LogP contribution in [0.3, 0.4) is 0 Å². The first-order chi connectivity index (χ1) is 11.8. The van der Waals surface area contributed by atoms with Crippen molar-refractivity contribution in [3.8, 4) is 0 Å². The normalized spacial score (nSPS) is 15.8. The Hall–Kier alpha value is -2.12. The fraction of sp³-hybridized carbons (Fsp3) is 0.556. The van der Waals surface area contributed by atoms with Crippen LogP contribution >= 0.6 is 0 Å². The van der Waals surface area contributed by atoms with Gasteiger partial charge in [0.15, 0.2) is 0 Å². The van der Waals surface area contributed by atoms with Gasteiger partial charge in [0, 0.05) is 50.5 Å². The number of hydrogen-bond acceptors (Lipinski definition) is 4. The Morgan fingerprint density at radius 1 is 1.20 bits per heavy atom. The Labute approximate surface area is 149 Å². The van der Waals surface area contributed by atoms with Crippen molar-refractivity contribution in [3.63, 3.8) is 0 Å². The number of β-amino-alcohol motifs (C(OH)–C–C–N with tert-alkyl or cyclic N) is 1. The van der Waals surface area contributed by atoms with Gasteiger partial charge in [0.2, 0.25) is 0 Å². The molecule has 1 aliphatic heterocycles. The second-order valence-corrected chi connectivity index (χ2v) is 6.95. The quantitative estimate of drug-likeness (QED) is 0.750. The first-order valence-corrected chi connectivity index (χ1v) is 8.67. The summed E-state index contributed by atoms with van der Waals surface area (Å²) in [5.41, 5.74) is 0.395. The van der Waals surface area contributed by atoms with Crippen molar-refractivity contribution in [3.05, 3.63) is 29.8 Å². The molecule has 1 heterocycles. The van der Waals surface area contributed by atoms with Gasteiger partial charge in [-0.2, -0.15) is 0 Å². The number of anilines is 1. The van der Waals surface area contributed by atoms with Crippen molar-refractivity contribution >= 4 is 17.6 Å². The van der Waals surface area contributed by atoms with Gasteiger partial charge in [-0.25, -0.2) is 4.79 Å². The number of benzene rings is 1. The van der Waals surface area contributed by atoms with E-state index in [1.807, 2.05) is 6.92 Å². The number of nitrogens with zero attached hydrogens (tertiary/aromatic N) is 2. The zero-order valence-electron chi connectivity index (χ0n) is 15.2. The summed E-state index contributed by atoms with van der Waals surface area (Å²) < 4.78 is 0. The van der Waals surface area contributed by atoms with E-state index in [2.05, 4.69) is 15.5 Å². The Morgan fingerprint density at radius 3 is 2.48 bits per heavy atom. The van der Waals surface area contributed by atoms with Crippen LogP contribution in [-0.2, 0) is 0 Å². The second kappa shape index (κ2) is 8.31. The van der Waals surface area contributed by atoms with Crippen molar-refractivity contribution in [2.75, 3.05) is 44.6 Å². The summed E-state index contributed by atoms with van der Waals surface area (Å²) in [6.45, 7) is 9.27. The van der Waals surface area contributed by atoms with Gasteiger partial charge in [0.25, 0.3) is 5.91 Å². The predicted molar refractivity (Wildman–Crippen MR) is 97.8 cm³/mol. The molecule has 138 valence electrons. The maximum atomic E-state index is 12.4. The minimum atomic E-state index is -0.732. The van der Waals surface area contributed by atoms with Crippen LogP contribution in [0.15, 0.2) is 24.3 Å². The van der Waals surface area contributed by atoms with Crippen molar-refractivity contribution in [2.45, 2.75) is 26.4 Å². The average molecular weight is 348 g/mol. The molecule has 1 aliphatic rings. The van der Waals surface area contributed by atoms with Crippen LogP contribution in [0.25, 0.3) is 0 Å². The number of carbonyl (C=O) groups excluding carboxylic acids is 2. The summed E-state index contributed by atoms with van der Waals surface area (Å²) in [5.74, 6) is -0.154. The van der Waals surface area contributed by atoms with E-state index in [1.54, 1.807) is 43.0 Å². The summed E-state index contributed by atoms with van der Waals surface area (Å²) in [6.07, 6.45) is 0. The first kappa shape index (κ1) is 19.2. The molecule has 2 rings (SSSR count). The largest absolute Gasteiger partial charge is 0.389 e. The van der Waals surface area contributed by atoms with E-state index in [9.17, 15) is 14.7 Å². The van der Waals surface area contributed by atoms with Gasteiger partial charge in [-0.15, -0.1) is 0 Å². The van der Waals surface area contributed by atoms with Crippen LogP contribution < -0.4 is 10.6 Å². The van der Waals surface area contributed by atoms with Gasteiger partial charge in [0.05, 0.1) is 5.60 Å². The van der Waals surface area contributed by atoms with E-state index in [0.717, 1.165) is 13.1 Å². The highest BCUT2D eigenvalue weighted by atomic mass is 16.3. The highest BCUT2D eigenvalue weighted by molar-refractivity contribution is 5.96. The van der Waals surface area contributed by atoms with E-state index < -0.39 is 5.60 Å². The molecule has 7 heteroatoms. The van der Waals surface area contributed by atoms with Gasteiger partial charge in [-0.3, -0.25) is 9.69 Å². The standard InChI is InChI=1S/C18H28N4O3/c1-4-19-16(23)14-6-5-7-15(12-14)20-17(24)22-10-8-21(9-11-22)13-18(2,3)25/h5-7,12,25H,4,8-11,13H2,1-3H3,(H,19,23)(H,20,24). The molecule has 0 saturated carbocycles. The molecule has 0 bridgehead atoms. The molecular formula is C18H28N4O3. The van der Waals surface area contributed by atoms with Gasteiger partial charge in [-0.05, 0) is 39.0 Å². The maximum Gasteiger partial charge on any atom is 0.321 e. The van der Waals surface area contributed by atoms with E-state index >= 15 is 0 Å². The molecule has 3 N–H and O–H groups in total. The third-order valence-electron chi connectivity index (χ3n) is 3.98. The zero-order chi connectivity index (χ0) is 18.4. The fourth-order valence-corrected chi connectivity index (χ4v) is 2.86. The van der Waals surface area contributed by atoms with Crippen LogP contribution in [0.2, 0.25) is 0 Å². The van der Waals surface area contributed by atoms with Crippen LogP contribution in [0.5, 0.6) is 0 Å². The Kier molecular flexibility index (Phi) is 6.39. The van der Waals surface area contributed by atoms with E-state index in [-0.39, 0.29) is 11.9 Å². The predicted octanol–water partition coefficient (Wildman–Crippen LogP) is 1.36. The van der Waals surface area contributed by atoms with Crippen molar-refractivity contribution < 1.29 is 14.7 Å². The summed E-state index contributed by atoms with van der Waals surface area (Å²) in [4.78, 5) is 28.2. The Morgan fingerprint density at radius 2 is 1.88 bits per heavy atom. The lowest BCUT2D eigenvalue weighted by molar-refractivity contribution is 0.0231. The minimum Gasteiger partial charge on any atom is -0.389 e. The highest BCUT2D eigenvalue weighted by Crippen LogP contribution is 2.13. The molecule has 1 aromatic rings. The molecule has 1 fully saturated rings. The monoisotopic (exact) mass is 348 g/mol. The lowest BCUT2D eigenvalue weighted by atomic mass is 10.1. The number of amides is 3. The van der Waals surface area contributed by atoms with E-state index in [0.29, 0.717) is 37.4 Å². The molecule has 1 saturated heterocycles. The van der Waals surface area contributed by atoms with E-state index in [4.69, 9.17) is 0 Å². The van der Waals surface area contributed by atoms with Crippen LogP contribution in [0.4, 0.5) is 10.5 Å². The molecule has 3 amide bonds. The summed E-state index contributed by atoms with van der Waals surface area (Å²) in [6, 6.07) is 6.74. The molecular weight excluding hydrogens is 320 g/mol. The number of nitrogens with one attached hydrogen (secondary N) is 2.